The third-order valence-corrected chi connectivity index (χ3v) is 3.79. The van der Waals surface area contributed by atoms with Crippen LogP contribution in [0.1, 0.15) is 22.8 Å². The van der Waals surface area contributed by atoms with E-state index in [1.54, 1.807) is 37.6 Å². The van der Waals surface area contributed by atoms with Crippen LogP contribution < -0.4 is 0 Å². The smallest absolute Gasteiger partial charge is 0.384 e. The Hall–Kier alpha value is -2.74. The highest BCUT2D eigenvalue weighted by molar-refractivity contribution is 5.33. The van der Waals surface area contributed by atoms with Gasteiger partial charge in [0.25, 0.3) is 0 Å². The molecule has 0 spiro atoms. The molecule has 136 valence electrons. The van der Waals surface area contributed by atoms with Crippen molar-refractivity contribution in [2.75, 3.05) is 13.7 Å². The van der Waals surface area contributed by atoms with Gasteiger partial charge in [-0.1, -0.05) is 24.3 Å². The number of methoxy groups -OCH3 is 1. The maximum Gasteiger partial charge on any atom is 0.416 e. The SMILES string of the molecule is COCCc1nc(Cc2ccccc2C(F)(F)F)n(-c2ccccn2)n1. The van der Waals surface area contributed by atoms with E-state index in [1.807, 2.05) is 0 Å². The molecule has 3 rings (SSSR count). The third-order valence-electron chi connectivity index (χ3n) is 3.79. The molecule has 0 radical (unpaired) electrons. The molecule has 0 saturated carbocycles. The van der Waals surface area contributed by atoms with E-state index in [0.29, 0.717) is 30.5 Å². The van der Waals surface area contributed by atoms with E-state index in [9.17, 15) is 13.2 Å². The Bertz CT molecular complexity index is 862. The van der Waals surface area contributed by atoms with Crippen LogP contribution in [0.2, 0.25) is 0 Å². The molecule has 3 aromatic rings. The summed E-state index contributed by atoms with van der Waals surface area (Å²) in [5, 5.41) is 4.39. The van der Waals surface area contributed by atoms with Gasteiger partial charge in [-0.05, 0) is 23.8 Å². The maximum absolute atomic E-state index is 13.3. The van der Waals surface area contributed by atoms with Crippen molar-refractivity contribution in [2.45, 2.75) is 19.0 Å². The monoisotopic (exact) mass is 362 g/mol. The van der Waals surface area contributed by atoms with Crippen molar-refractivity contribution in [2.24, 2.45) is 0 Å². The fourth-order valence-electron chi connectivity index (χ4n) is 2.59. The Balaban J connectivity index is 2.01. The molecule has 0 amide bonds. The normalized spacial score (nSPS) is 11.7. The topological polar surface area (TPSA) is 52.8 Å². The van der Waals surface area contributed by atoms with Gasteiger partial charge in [0.05, 0.1) is 12.2 Å². The first-order chi connectivity index (χ1) is 12.5. The van der Waals surface area contributed by atoms with Crippen LogP contribution in [0, 0.1) is 0 Å². The van der Waals surface area contributed by atoms with Crippen LogP contribution in [-0.2, 0) is 23.8 Å². The summed E-state index contributed by atoms with van der Waals surface area (Å²) in [4.78, 5) is 8.63. The van der Waals surface area contributed by atoms with Crippen molar-refractivity contribution in [1.29, 1.82) is 0 Å². The molecule has 0 bridgehead atoms. The molecule has 8 heteroatoms. The molecule has 0 aliphatic rings. The average molecular weight is 362 g/mol. The molecule has 0 atom stereocenters. The van der Waals surface area contributed by atoms with Crippen LogP contribution in [0.3, 0.4) is 0 Å². The number of alkyl halides is 3. The minimum atomic E-state index is -4.43. The zero-order valence-electron chi connectivity index (χ0n) is 14.1. The second-order valence-electron chi connectivity index (χ2n) is 5.62. The van der Waals surface area contributed by atoms with Gasteiger partial charge in [-0.25, -0.2) is 9.97 Å². The van der Waals surface area contributed by atoms with E-state index in [0.717, 1.165) is 6.07 Å². The van der Waals surface area contributed by atoms with E-state index in [4.69, 9.17) is 4.74 Å². The molecular formula is C18H17F3N4O. The van der Waals surface area contributed by atoms with Gasteiger partial charge in [0, 0.05) is 26.1 Å². The van der Waals surface area contributed by atoms with Crippen LogP contribution in [0.25, 0.3) is 5.82 Å². The number of benzene rings is 1. The van der Waals surface area contributed by atoms with E-state index in [1.165, 1.54) is 16.8 Å². The van der Waals surface area contributed by atoms with Crippen LogP contribution in [0.4, 0.5) is 13.2 Å². The molecule has 2 heterocycles. The van der Waals surface area contributed by atoms with Crippen molar-refractivity contribution in [3.05, 3.63) is 71.4 Å². The van der Waals surface area contributed by atoms with Gasteiger partial charge in [-0.15, -0.1) is 5.10 Å². The first kappa shape index (κ1) is 18.1. The predicted molar refractivity (Wildman–Crippen MR) is 89.0 cm³/mol. The average Bonchev–Trinajstić information content (AvgIpc) is 3.03. The fraction of sp³-hybridized carbons (Fsp3) is 0.278. The summed E-state index contributed by atoms with van der Waals surface area (Å²) >= 11 is 0. The summed E-state index contributed by atoms with van der Waals surface area (Å²) < 4.78 is 46.3. The quantitative estimate of drug-likeness (QED) is 0.674. The molecule has 0 unspecified atom stereocenters. The molecule has 0 saturated heterocycles. The van der Waals surface area contributed by atoms with Crippen molar-refractivity contribution in [3.8, 4) is 5.82 Å². The van der Waals surface area contributed by atoms with Gasteiger partial charge < -0.3 is 4.74 Å². The van der Waals surface area contributed by atoms with Crippen molar-refractivity contribution in [3.63, 3.8) is 0 Å². The van der Waals surface area contributed by atoms with Gasteiger partial charge in [0.1, 0.15) is 5.82 Å². The lowest BCUT2D eigenvalue weighted by atomic mass is 10.0. The molecular weight excluding hydrogens is 345 g/mol. The summed E-state index contributed by atoms with van der Waals surface area (Å²) in [5.41, 5.74) is -0.531. The Morgan fingerprint density at radius 3 is 2.54 bits per heavy atom. The number of nitrogens with zero attached hydrogens (tertiary/aromatic N) is 4. The molecule has 0 fully saturated rings. The highest BCUT2D eigenvalue weighted by Gasteiger charge is 2.33. The lowest BCUT2D eigenvalue weighted by Gasteiger charge is -2.12. The van der Waals surface area contributed by atoms with Gasteiger partial charge >= 0.3 is 6.18 Å². The number of aromatic nitrogens is 4. The molecule has 5 nitrogen and oxygen atoms in total. The van der Waals surface area contributed by atoms with E-state index < -0.39 is 11.7 Å². The number of ether oxygens (including phenoxy) is 1. The summed E-state index contributed by atoms with van der Waals surface area (Å²) in [6, 6.07) is 10.8. The summed E-state index contributed by atoms with van der Waals surface area (Å²) in [6.45, 7) is 0.421. The molecule has 26 heavy (non-hydrogen) atoms. The zero-order chi connectivity index (χ0) is 18.6. The van der Waals surface area contributed by atoms with Crippen LogP contribution in [-0.4, -0.2) is 33.5 Å². The number of pyridine rings is 1. The van der Waals surface area contributed by atoms with Gasteiger partial charge in [0.15, 0.2) is 11.6 Å². The molecule has 2 aromatic heterocycles. The van der Waals surface area contributed by atoms with Crippen LogP contribution >= 0.6 is 0 Å². The van der Waals surface area contributed by atoms with Crippen LogP contribution in [0.15, 0.2) is 48.7 Å². The maximum atomic E-state index is 13.3. The van der Waals surface area contributed by atoms with E-state index >= 15 is 0 Å². The van der Waals surface area contributed by atoms with Gasteiger partial charge in [-0.3, -0.25) is 0 Å². The fourth-order valence-corrected chi connectivity index (χ4v) is 2.59. The van der Waals surface area contributed by atoms with Crippen molar-refractivity contribution in [1.82, 2.24) is 19.7 Å². The van der Waals surface area contributed by atoms with E-state index in [2.05, 4.69) is 15.1 Å². The summed E-state index contributed by atoms with van der Waals surface area (Å²) in [5.74, 6) is 1.40. The lowest BCUT2D eigenvalue weighted by molar-refractivity contribution is -0.138. The number of hydrogen-bond acceptors (Lipinski definition) is 4. The lowest BCUT2D eigenvalue weighted by Crippen LogP contribution is -2.11. The molecule has 0 aliphatic carbocycles. The first-order valence-electron chi connectivity index (χ1n) is 7.99. The minimum absolute atomic E-state index is 0.00770. The van der Waals surface area contributed by atoms with Crippen LogP contribution in [0.5, 0.6) is 0 Å². The Labute approximate surface area is 148 Å². The first-order valence-corrected chi connectivity index (χ1v) is 7.99. The number of halogens is 3. The molecule has 1 aromatic carbocycles. The Morgan fingerprint density at radius 2 is 1.85 bits per heavy atom. The standard InChI is InChI=1S/C18H17F3N4O/c1-26-11-9-15-23-17(25(24-15)16-8-4-5-10-22-16)12-13-6-2-3-7-14(13)18(19,20)21/h2-8,10H,9,11-12H2,1H3. The number of rotatable bonds is 6. The summed E-state index contributed by atoms with van der Waals surface area (Å²) in [7, 11) is 1.57. The van der Waals surface area contributed by atoms with Crippen molar-refractivity contribution >= 4 is 0 Å². The largest absolute Gasteiger partial charge is 0.416 e. The number of hydrogen-bond donors (Lipinski definition) is 0. The predicted octanol–water partition coefficient (Wildman–Crippen LogP) is 3.46. The summed E-state index contributed by atoms with van der Waals surface area (Å²) in [6.07, 6.45) is -2.37. The van der Waals surface area contributed by atoms with Gasteiger partial charge in [-0.2, -0.15) is 17.9 Å². The Morgan fingerprint density at radius 1 is 1.08 bits per heavy atom. The molecule has 0 N–H and O–H groups in total. The second-order valence-corrected chi connectivity index (χ2v) is 5.62. The second kappa shape index (κ2) is 7.65. The van der Waals surface area contributed by atoms with E-state index in [-0.39, 0.29) is 12.0 Å². The van der Waals surface area contributed by atoms with Crippen molar-refractivity contribution < 1.29 is 17.9 Å². The highest BCUT2D eigenvalue weighted by Crippen LogP contribution is 2.32. The molecule has 0 aliphatic heterocycles. The van der Waals surface area contributed by atoms with Gasteiger partial charge in [0.2, 0.25) is 0 Å². The minimum Gasteiger partial charge on any atom is -0.384 e. The third kappa shape index (κ3) is 4.08. The zero-order valence-corrected chi connectivity index (χ0v) is 14.1. The highest BCUT2D eigenvalue weighted by atomic mass is 19.4. The Kier molecular flexibility index (Phi) is 5.32.